The summed E-state index contributed by atoms with van der Waals surface area (Å²) < 4.78 is 5.39. The van der Waals surface area contributed by atoms with Crippen molar-refractivity contribution in [1.29, 1.82) is 0 Å². The monoisotopic (exact) mass is 495 g/mol. The highest BCUT2D eigenvalue weighted by atomic mass is 16.5. The Hall–Kier alpha value is -0.900. The summed E-state index contributed by atoms with van der Waals surface area (Å²) in [5, 5.41) is 3.03. The van der Waals surface area contributed by atoms with Crippen molar-refractivity contribution in [1.82, 2.24) is 5.32 Å². The van der Waals surface area contributed by atoms with Gasteiger partial charge in [-0.05, 0) is 19.9 Å². The molecule has 0 fully saturated rings. The highest BCUT2D eigenvalue weighted by Gasteiger charge is 2.18. The third kappa shape index (κ3) is 24.6. The van der Waals surface area contributed by atoms with Crippen molar-refractivity contribution in [2.24, 2.45) is 0 Å². The van der Waals surface area contributed by atoms with E-state index < -0.39 is 0 Å². The Kier molecular flexibility index (Phi) is 27.0. The molecule has 0 saturated heterocycles. The second-order valence-electron chi connectivity index (χ2n) is 10.6. The average Bonchev–Trinajstić information content (AvgIpc) is 2.86. The minimum Gasteiger partial charge on any atom is -0.464 e. The van der Waals surface area contributed by atoms with Crippen LogP contribution in [0.25, 0.3) is 0 Å². The SMILES string of the molecule is CCCCCCCCCCCCCCCC(=O)OCC(NC)C(=O)CCCCCCCCCCC. The number of hydrogen-bond acceptors (Lipinski definition) is 4. The molecule has 0 radical (unpaired) electrons. The van der Waals surface area contributed by atoms with Gasteiger partial charge in [0.2, 0.25) is 0 Å². The van der Waals surface area contributed by atoms with E-state index in [0.29, 0.717) is 12.8 Å². The molecule has 4 nitrogen and oxygen atoms in total. The van der Waals surface area contributed by atoms with Gasteiger partial charge in [0, 0.05) is 12.8 Å². The van der Waals surface area contributed by atoms with E-state index in [1.807, 2.05) is 0 Å². The topological polar surface area (TPSA) is 55.4 Å². The predicted molar refractivity (Wildman–Crippen MR) is 151 cm³/mol. The Morgan fingerprint density at radius 1 is 0.543 bits per heavy atom. The molecule has 0 aliphatic carbocycles. The van der Waals surface area contributed by atoms with E-state index in [4.69, 9.17) is 4.74 Å². The van der Waals surface area contributed by atoms with Gasteiger partial charge in [-0.2, -0.15) is 0 Å². The maximum absolute atomic E-state index is 12.4. The number of esters is 1. The van der Waals surface area contributed by atoms with Gasteiger partial charge in [-0.15, -0.1) is 0 Å². The van der Waals surface area contributed by atoms with Crippen molar-refractivity contribution in [3.05, 3.63) is 0 Å². The van der Waals surface area contributed by atoms with Crippen LogP contribution in [0.4, 0.5) is 0 Å². The molecular formula is C31H61NO3. The van der Waals surface area contributed by atoms with Gasteiger partial charge in [-0.1, -0.05) is 142 Å². The third-order valence-electron chi connectivity index (χ3n) is 7.16. The first-order valence-corrected chi connectivity index (χ1v) is 15.5. The van der Waals surface area contributed by atoms with Gasteiger partial charge in [0.05, 0.1) is 0 Å². The highest BCUT2D eigenvalue weighted by Crippen LogP contribution is 2.14. The van der Waals surface area contributed by atoms with Gasteiger partial charge in [0.1, 0.15) is 12.6 Å². The van der Waals surface area contributed by atoms with Crippen molar-refractivity contribution < 1.29 is 14.3 Å². The fourth-order valence-corrected chi connectivity index (χ4v) is 4.66. The molecule has 208 valence electrons. The third-order valence-corrected chi connectivity index (χ3v) is 7.16. The lowest BCUT2D eigenvalue weighted by Gasteiger charge is -2.15. The quantitative estimate of drug-likeness (QED) is 0.0868. The second kappa shape index (κ2) is 27.7. The zero-order valence-electron chi connectivity index (χ0n) is 24.0. The van der Waals surface area contributed by atoms with Crippen LogP contribution in [-0.4, -0.2) is 31.4 Å². The molecule has 1 N–H and O–H groups in total. The van der Waals surface area contributed by atoms with E-state index in [1.165, 1.54) is 116 Å². The molecule has 0 bridgehead atoms. The number of ketones is 1. The van der Waals surface area contributed by atoms with E-state index in [0.717, 1.165) is 25.7 Å². The Morgan fingerprint density at radius 3 is 1.26 bits per heavy atom. The number of hydrogen-bond donors (Lipinski definition) is 1. The standard InChI is InChI=1S/C31H61NO3/c1-4-6-8-10-12-14-15-16-17-19-21-23-25-27-31(34)35-28-29(32-3)30(33)26-24-22-20-18-13-11-9-7-5-2/h29,32H,4-28H2,1-3H3. The number of likely N-dealkylation sites (N-methyl/N-ethyl adjacent to an activating group) is 1. The Labute approximate surface area is 219 Å². The molecule has 4 heteroatoms. The molecule has 0 aromatic carbocycles. The molecule has 0 heterocycles. The van der Waals surface area contributed by atoms with Crippen LogP contribution in [-0.2, 0) is 14.3 Å². The summed E-state index contributed by atoms with van der Waals surface area (Å²) in [5.74, 6) is 0.00778. The smallest absolute Gasteiger partial charge is 0.305 e. The molecule has 0 aliphatic rings. The fourth-order valence-electron chi connectivity index (χ4n) is 4.66. The van der Waals surface area contributed by atoms with Gasteiger partial charge >= 0.3 is 5.97 Å². The van der Waals surface area contributed by atoms with Crippen molar-refractivity contribution in [2.45, 2.75) is 174 Å². The summed E-state index contributed by atoms with van der Waals surface area (Å²) in [5.41, 5.74) is 0. The molecular weight excluding hydrogens is 434 g/mol. The summed E-state index contributed by atoms with van der Waals surface area (Å²) >= 11 is 0. The van der Waals surface area contributed by atoms with Crippen LogP contribution in [0.3, 0.4) is 0 Å². The highest BCUT2D eigenvalue weighted by molar-refractivity contribution is 5.84. The summed E-state index contributed by atoms with van der Waals surface area (Å²) in [4.78, 5) is 24.5. The van der Waals surface area contributed by atoms with Crippen LogP contribution in [0.1, 0.15) is 168 Å². The van der Waals surface area contributed by atoms with Crippen LogP contribution < -0.4 is 5.32 Å². The lowest BCUT2D eigenvalue weighted by Crippen LogP contribution is -2.38. The fraction of sp³-hybridized carbons (Fsp3) is 0.935. The van der Waals surface area contributed by atoms with Crippen LogP contribution >= 0.6 is 0 Å². The number of rotatable bonds is 28. The first-order valence-electron chi connectivity index (χ1n) is 15.5. The maximum atomic E-state index is 12.4. The summed E-state index contributed by atoms with van der Waals surface area (Å²) in [6.45, 7) is 4.69. The Balaban J connectivity index is 3.56. The van der Waals surface area contributed by atoms with Crippen LogP contribution in [0.15, 0.2) is 0 Å². The molecule has 1 unspecified atom stereocenters. The zero-order chi connectivity index (χ0) is 25.8. The van der Waals surface area contributed by atoms with Gasteiger partial charge in [-0.25, -0.2) is 0 Å². The first kappa shape index (κ1) is 34.1. The van der Waals surface area contributed by atoms with Crippen molar-refractivity contribution in [3.8, 4) is 0 Å². The number of carbonyl (C=O) groups excluding carboxylic acids is 2. The van der Waals surface area contributed by atoms with E-state index in [-0.39, 0.29) is 24.4 Å². The lowest BCUT2D eigenvalue weighted by atomic mass is 10.0. The van der Waals surface area contributed by atoms with Crippen LogP contribution in [0, 0.1) is 0 Å². The number of Topliss-reactive ketones (excluding diaryl/α,β-unsaturated/α-hetero) is 1. The van der Waals surface area contributed by atoms with Crippen molar-refractivity contribution in [3.63, 3.8) is 0 Å². The molecule has 1 atom stereocenters. The van der Waals surface area contributed by atoms with E-state index in [2.05, 4.69) is 19.2 Å². The van der Waals surface area contributed by atoms with Gasteiger partial charge < -0.3 is 10.1 Å². The normalized spacial score (nSPS) is 12.1. The molecule has 0 rings (SSSR count). The van der Waals surface area contributed by atoms with E-state index in [1.54, 1.807) is 7.05 Å². The molecule has 0 amide bonds. The molecule has 0 aliphatic heterocycles. The van der Waals surface area contributed by atoms with Crippen LogP contribution in [0.5, 0.6) is 0 Å². The van der Waals surface area contributed by atoms with Crippen LogP contribution in [0.2, 0.25) is 0 Å². The molecule has 35 heavy (non-hydrogen) atoms. The Morgan fingerprint density at radius 2 is 0.886 bits per heavy atom. The van der Waals surface area contributed by atoms with Crippen molar-refractivity contribution in [2.75, 3.05) is 13.7 Å². The number of unbranched alkanes of at least 4 members (excludes halogenated alkanes) is 20. The molecule has 0 aromatic heterocycles. The Bertz CT molecular complexity index is 466. The maximum Gasteiger partial charge on any atom is 0.305 e. The average molecular weight is 496 g/mol. The first-order chi connectivity index (χ1) is 17.2. The summed E-state index contributed by atoms with van der Waals surface area (Å²) in [7, 11) is 1.78. The van der Waals surface area contributed by atoms with E-state index >= 15 is 0 Å². The van der Waals surface area contributed by atoms with E-state index in [9.17, 15) is 9.59 Å². The minimum absolute atomic E-state index is 0.163. The van der Waals surface area contributed by atoms with Gasteiger partial charge in [0.25, 0.3) is 0 Å². The molecule has 0 saturated carbocycles. The molecule has 0 aromatic rings. The number of nitrogens with one attached hydrogen (secondary N) is 1. The summed E-state index contributed by atoms with van der Waals surface area (Å²) in [6, 6.07) is -0.361. The van der Waals surface area contributed by atoms with Gasteiger partial charge in [-0.3, -0.25) is 9.59 Å². The minimum atomic E-state index is -0.361. The largest absolute Gasteiger partial charge is 0.464 e. The number of carbonyl (C=O) groups is 2. The lowest BCUT2D eigenvalue weighted by molar-refractivity contribution is -0.145. The summed E-state index contributed by atoms with van der Waals surface area (Å²) in [6.07, 6.45) is 29.2. The molecule has 0 spiro atoms. The zero-order valence-corrected chi connectivity index (χ0v) is 24.0. The number of ether oxygens (including phenoxy) is 1. The van der Waals surface area contributed by atoms with Gasteiger partial charge in [0.15, 0.2) is 5.78 Å². The van der Waals surface area contributed by atoms with Crippen molar-refractivity contribution >= 4 is 11.8 Å². The second-order valence-corrected chi connectivity index (χ2v) is 10.6. The predicted octanol–water partition coefficient (Wildman–Crippen LogP) is 9.09.